The van der Waals surface area contributed by atoms with Gasteiger partial charge in [-0.2, -0.15) is 9.61 Å². The monoisotopic (exact) mass is 373 g/mol. The molecular weight excluding hydrogens is 350 g/mol. The molecule has 0 unspecified atom stereocenters. The number of benzene rings is 1. The molecule has 1 aromatic carbocycles. The fourth-order valence-corrected chi connectivity index (χ4v) is 3.37. The third-order valence-corrected chi connectivity index (χ3v) is 5.02. The van der Waals surface area contributed by atoms with Crippen molar-refractivity contribution in [2.75, 3.05) is 27.3 Å². The SMILES string of the molecule is CCN(CC)Cc1nnc2sc(C=Cc3ccc(OC)c(OC)c3)nn12. The molecule has 0 saturated carbocycles. The number of fused-ring (bicyclic) bond motifs is 1. The summed E-state index contributed by atoms with van der Waals surface area (Å²) in [7, 11) is 3.26. The summed E-state index contributed by atoms with van der Waals surface area (Å²) in [4.78, 5) is 3.09. The van der Waals surface area contributed by atoms with E-state index in [0.29, 0.717) is 11.5 Å². The van der Waals surface area contributed by atoms with Gasteiger partial charge in [0.2, 0.25) is 4.96 Å². The van der Waals surface area contributed by atoms with Crippen molar-refractivity contribution in [3.05, 3.63) is 34.6 Å². The molecule has 0 bridgehead atoms. The van der Waals surface area contributed by atoms with Crippen molar-refractivity contribution in [3.63, 3.8) is 0 Å². The molecule has 3 aromatic rings. The Morgan fingerprint density at radius 1 is 1.08 bits per heavy atom. The van der Waals surface area contributed by atoms with Crippen LogP contribution in [0.3, 0.4) is 0 Å². The predicted octanol–water partition coefficient (Wildman–Crippen LogP) is 3.22. The Kier molecular flexibility index (Phi) is 5.85. The summed E-state index contributed by atoms with van der Waals surface area (Å²) in [6.45, 7) is 6.97. The van der Waals surface area contributed by atoms with E-state index in [-0.39, 0.29) is 0 Å². The molecule has 0 amide bonds. The lowest BCUT2D eigenvalue weighted by molar-refractivity contribution is 0.286. The summed E-state index contributed by atoms with van der Waals surface area (Å²) in [6.07, 6.45) is 3.97. The van der Waals surface area contributed by atoms with Crippen LogP contribution in [0.2, 0.25) is 0 Å². The molecule has 0 N–H and O–H groups in total. The van der Waals surface area contributed by atoms with Crippen molar-refractivity contribution in [3.8, 4) is 11.5 Å². The number of aromatic nitrogens is 4. The van der Waals surface area contributed by atoms with Crippen LogP contribution < -0.4 is 9.47 Å². The summed E-state index contributed by atoms with van der Waals surface area (Å²) < 4.78 is 12.4. The van der Waals surface area contributed by atoms with Crippen LogP contribution in [0, 0.1) is 0 Å². The highest BCUT2D eigenvalue weighted by molar-refractivity contribution is 7.17. The number of hydrogen-bond donors (Lipinski definition) is 0. The fourth-order valence-electron chi connectivity index (χ4n) is 2.61. The van der Waals surface area contributed by atoms with Gasteiger partial charge in [-0.15, -0.1) is 10.2 Å². The Balaban J connectivity index is 1.81. The molecule has 8 heteroatoms. The van der Waals surface area contributed by atoms with Gasteiger partial charge in [0.25, 0.3) is 0 Å². The van der Waals surface area contributed by atoms with Crippen molar-refractivity contribution in [1.82, 2.24) is 24.7 Å². The Bertz CT molecular complexity index is 898. The van der Waals surface area contributed by atoms with Gasteiger partial charge in [0.05, 0.1) is 20.8 Å². The maximum absolute atomic E-state index is 5.34. The summed E-state index contributed by atoms with van der Waals surface area (Å²) in [5.41, 5.74) is 1.01. The summed E-state index contributed by atoms with van der Waals surface area (Å²) in [5.74, 6) is 2.28. The largest absolute Gasteiger partial charge is 0.493 e. The maximum Gasteiger partial charge on any atom is 0.235 e. The molecule has 0 aliphatic heterocycles. The zero-order valence-corrected chi connectivity index (χ0v) is 16.3. The van der Waals surface area contributed by atoms with E-state index in [0.717, 1.165) is 41.0 Å². The minimum absolute atomic E-state index is 0.703. The van der Waals surface area contributed by atoms with E-state index >= 15 is 0 Å². The Hall–Kier alpha value is -2.45. The van der Waals surface area contributed by atoms with Gasteiger partial charge in [-0.05, 0) is 36.9 Å². The van der Waals surface area contributed by atoms with Crippen molar-refractivity contribution in [1.29, 1.82) is 0 Å². The van der Waals surface area contributed by atoms with Crippen LogP contribution in [0.5, 0.6) is 11.5 Å². The van der Waals surface area contributed by atoms with E-state index < -0.39 is 0 Å². The summed E-state index contributed by atoms with van der Waals surface area (Å²) >= 11 is 1.51. The summed E-state index contributed by atoms with van der Waals surface area (Å²) in [5, 5.41) is 14.0. The van der Waals surface area contributed by atoms with Crippen LogP contribution in [0.1, 0.15) is 30.2 Å². The van der Waals surface area contributed by atoms with Crippen molar-refractivity contribution in [2.24, 2.45) is 0 Å². The van der Waals surface area contributed by atoms with Gasteiger partial charge in [-0.3, -0.25) is 4.90 Å². The molecule has 0 spiro atoms. The zero-order valence-electron chi connectivity index (χ0n) is 15.5. The quantitative estimate of drug-likeness (QED) is 0.604. The third kappa shape index (κ3) is 3.86. The standard InChI is InChI=1S/C18H23N5O2S/c1-5-22(6-2)12-16-19-20-18-23(16)21-17(26-18)10-8-13-7-9-14(24-3)15(11-13)25-4/h7-11H,5-6,12H2,1-4H3. The molecule has 2 heterocycles. The molecule has 138 valence electrons. The van der Waals surface area contributed by atoms with Gasteiger partial charge in [0, 0.05) is 0 Å². The van der Waals surface area contributed by atoms with Gasteiger partial charge in [-0.25, -0.2) is 0 Å². The highest BCUT2D eigenvalue weighted by Crippen LogP contribution is 2.28. The van der Waals surface area contributed by atoms with E-state index in [1.807, 2.05) is 34.9 Å². The molecule has 0 aliphatic rings. The molecule has 26 heavy (non-hydrogen) atoms. The Morgan fingerprint density at radius 2 is 1.85 bits per heavy atom. The first-order valence-electron chi connectivity index (χ1n) is 8.52. The van der Waals surface area contributed by atoms with E-state index in [1.165, 1.54) is 11.3 Å². The highest BCUT2D eigenvalue weighted by Gasteiger charge is 2.12. The second-order valence-electron chi connectivity index (χ2n) is 5.66. The van der Waals surface area contributed by atoms with Crippen molar-refractivity contribution in [2.45, 2.75) is 20.4 Å². The molecule has 3 rings (SSSR count). The van der Waals surface area contributed by atoms with Gasteiger partial charge in [0.15, 0.2) is 17.3 Å². The predicted molar refractivity (Wildman–Crippen MR) is 104 cm³/mol. The van der Waals surface area contributed by atoms with Crippen molar-refractivity contribution < 1.29 is 9.47 Å². The number of rotatable bonds is 8. The third-order valence-electron chi connectivity index (χ3n) is 4.16. The molecule has 2 aromatic heterocycles. The average molecular weight is 373 g/mol. The normalized spacial score (nSPS) is 11.7. The lowest BCUT2D eigenvalue weighted by Gasteiger charge is -2.15. The maximum atomic E-state index is 5.34. The number of hydrogen-bond acceptors (Lipinski definition) is 7. The minimum Gasteiger partial charge on any atom is -0.493 e. The molecule has 0 radical (unpaired) electrons. The molecule has 0 atom stereocenters. The topological polar surface area (TPSA) is 64.8 Å². The van der Waals surface area contributed by atoms with Crippen LogP contribution in [0.25, 0.3) is 17.1 Å². The van der Waals surface area contributed by atoms with Crippen LogP contribution in [-0.2, 0) is 6.54 Å². The smallest absolute Gasteiger partial charge is 0.235 e. The van der Waals surface area contributed by atoms with Gasteiger partial charge >= 0.3 is 0 Å². The van der Waals surface area contributed by atoms with Gasteiger partial charge in [0.1, 0.15) is 5.01 Å². The molecular formula is C18H23N5O2S. The van der Waals surface area contributed by atoms with Crippen molar-refractivity contribution >= 4 is 28.4 Å². The van der Waals surface area contributed by atoms with Crippen LogP contribution in [-0.4, -0.2) is 52.0 Å². The number of ether oxygens (including phenoxy) is 2. The molecule has 0 saturated heterocycles. The molecule has 0 fully saturated rings. The lowest BCUT2D eigenvalue weighted by atomic mass is 10.2. The second kappa shape index (κ2) is 8.29. The number of nitrogens with zero attached hydrogens (tertiary/aromatic N) is 5. The van der Waals surface area contributed by atoms with E-state index in [9.17, 15) is 0 Å². The molecule has 0 aliphatic carbocycles. The van der Waals surface area contributed by atoms with E-state index in [2.05, 4.69) is 34.0 Å². The second-order valence-corrected chi connectivity index (χ2v) is 6.65. The van der Waals surface area contributed by atoms with E-state index in [1.54, 1.807) is 14.2 Å². The number of methoxy groups -OCH3 is 2. The van der Waals surface area contributed by atoms with Crippen LogP contribution in [0.4, 0.5) is 0 Å². The van der Waals surface area contributed by atoms with Crippen LogP contribution in [0.15, 0.2) is 18.2 Å². The minimum atomic E-state index is 0.703. The lowest BCUT2D eigenvalue weighted by Crippen LogP contribution is -2.23. The Morgan fingerprint density at radius 3 is 2.54 bits per heavy atom. The first-order valence-corrected chi connectivity index (χ1v) is 9.33. The van der Waals surface area contributed by atoms with E-state index in [4.69, 9.17) is 9.47 Å². The first-order chi connectivity index (χ1) is 12.7. The molecule has 7 nitrogen and oxygen atoms in total. The Labute approximate surface area is 156 Å². The highest BCUT2D eigenvalue weighted by atomic mass is 32.1. The van der Waals surface area contributed by atoms with Gasteiger partial charge in [-0.1, -0.05) is 37.3 Å². The first kappa shape index (κ1) is 18.3. The van der Waals surface area contributed by atoms with Crippen LogP contribution >= 0.6 is 11.3 Å². The average Bonchev–Trinajstić information content (AvgIpc) is 3.25. The fraction of sp³-hybridized carbons (Fsp3) is 0.389. The zero-order chi connectivity index (χ0) is 18.5. The van der Waals surface area contributed by atoms with Gasteiger partial charge < -0.3 is 9.47 Å². The summed E-state index contributed by atoms with van der Waals surface area (Å²) in [6, 6.07) is 5.80.